The van der Waals surface area contributed by atoms with Crippen molar-refractivity contribution in [3.8, 4) is 11.8 Å². The van der Waals surface area contributed by atoms with E-state index in [2.05, 4.69) is 11.4 Å². The van der Waals surface area contributed by atoms with Crippen molar-refractivity contribution in [2.75, 3.05) is 18.2 Å². The molecule has 2 rings (SSSR count). The molecule has 2 aromatic rings. The quantitative estimate of drug-likeness (QED) is 0.808. The van der Waals surface area contributed by atoms with E-state index in [4.69, 9.17) is 15.7 Å². The molecule has 2 aromatic carbocycles. The van der Waals surface area contributed by atoms with Crippen LogP contribution in [0.15, 0.2) is 42.5 Å². The molecule has 0 spiro atoms. The number of hydrogen-bond donors (Lipinski definition) is 2. The van der Waals surface area contributed by atoms with Gasteiger partial charge < -0.3 is 15.8 Å². The van der Waals surface area contributed by atoms with Crippen LogP contribution in [0.1, 0.15) is 5.56 Å². The molecule has 90 valence electrons. The number of nitriles is 1. The van der Waals surface area contributed by atoms with Gasteiger partial charge in [-0.25, -0.2) is 0 Å². The molecule has 0 fully saturated rings. The van der Waals surface area contributed by atoms with Gasteiger partial charge in [-0.15, -0.1) is 0 Å². The lowest BCUT2D eigenvalue weighted by molar-refractivity contribution is 0.417. The van der Waals surface area contributed by atoms with Gasteiger partial charge in [-0.3, -0.25) is 0 Å². The summed E-state index contributed by atoms with van der Waals surface area (Å²) in [6, 6.07) is 14.7. The van der Waals surface area contributed by atoms with Gasteiger partial charge in [0.15, 0.2) is 0 Å². The summed E-state index contributed by atoms with van der Waals surface area (Å²) in [5.74, 6) is 0.722. The zero-order valence-electron chi connectivity index (χ0n) is 9.97. The van der Waals surface area contributed by atoms with E-state index in [0.717, 1.165) is 11.4 Å². The highest BCUT2D eigenvalue weighted by molar-refractivity contribution is 5.76. The van der Waals surface area contributed by atoms with Crippen molar-refractivity contribution in [2.45, 2.75) is 0 Å². The predicted octanol–water partition coefficient (Wildman–Crippen LogP) is 2.89. The van der Waals surface area contributed by atoms with Gasteiger partial charge in [0.25, 0.3) is 0 Å². The van der Waals surface area contributed by atoms with Gasteiger partial charge in [-0.05, 0) is 30.3 Å². The van der Waals surface area contributed by atoms with Crippen LogP contribution in [0.3, 0.4) is 0 Å². The second-order valence-electron chi connectivity index (χ2n) is 3.74. The molecule has 0 aromatic heterocycles. The number of nitrogens with two attached hydrogens (primary N) is 1. The molecule has 4 nitrogen and oxygen atoms in total. The van der Waals surface area contributed by atoms with E-state index in [1.165, 1.54) is 0 Å². The van der Waals surface area contributed by atoms with Gasteiger partial charge in [0, 0.05) is 0 Å². The fraction of sp³-hybridized carbons (Fsp3) is 0.0714. The second kappa shape index (κ2) is 5.11. The van der Waals surface area contributed by atoms with Gasteiger partial charge in [-0.1, -0.05) is 12.1 Å². The first-order valence-electron chi connectivity index (χ1n) is 5.44. The molecule has 0 saturated carbocycles. The highest BCUT2D eigenvalue weighted by Gasteiger charge is 2.05. The summed E-state index contributed by atoms with van der Waals surface area (Å²) < 4.78 is 5.25. The Balaban J connectivity index is 2.37. The number of nitrogen functional groups attached to an aromatic ring is 1. The Morgan fingerprint density at radius 3 is 2.67 bits per heavy atom. The first kappa shape index (κ1) is 11.8. The lowest BCUT2D eigenvalue weighted by Gasteiger charge is -2.12. The third-order valence-electron chi connectivity index (χ3n) is 2.56. The Labute approximate surface area is 106 Å². The number of benzene rings is 2. The van der Waals surface area contributed by atoms with Crippen molar-refractivity contribution < 1.29 is 4.74 Å². The summed E-state index contributed by atoms with van der Waals surface area (Å²) in [4.78, 5) is 0. The molecule has 0 unspecified atom stereocenters. The molecule has 0 radical (unpaired) electrons. The van der Waals surface area contributed by atoms with Crippen molar-refractivity contribution in [1.29, 1.82) is 5.26 Å². The fourth-order valence-electron chi connectivity index (χ4n) is 1.63. The third-order valence-corrected chi connectivity index (χ3v) is 2.56. The first-order chi connectivity index (χ1) is 8.74. The molecular weight excluding hydrogens is 226 g/mol. The Morgan fingerprint density at radius 2 is 1.94 bits per heavy atom. The van der Waals surface area contributed by atoms with Crippen LogP contribution in [0.25, 0.3) is 0 Å². The number of hydrogen-bond acceptors (Lipinski definition) is 4. The maximum Gasteiger partial charge on any atom is 0.142 e. The minimum atomic E-state index is 0.557. The molecule has 0 heterocycles. The molecule has 18 heavy (non-hydrogen) atoms. The lowest BCUT2D eigenvalue weighted by atomic mass is 10.2. The summed E-state index contributed by atoms with van der Waals surface area (Å²) in [5, 5.41) is 12.0. The van der Waals surface area contributed by atoms with E-state index in [1.54, 1.807) is 25.3 Å². The fourth-order valence-corrected chi connectivity index (χ4v) is 1.63. The number of ether oxygens (including phenoxy) is 1. The Hall–Kier alpha value is -2.67. The van der Waals surface area contributed by atoms with E-state index in [1.807, 2.05) is 24.3 Å². The van der Waals surface area contributed by atoms with Crippen LogP contribution in [0.5, 0.6) is 5.75 Å². The van der Waals surface area contributed by atoms with Gasteiger partial charge in [0.1, 0.15) is 5.75 Å². The monoisotopic (exact) mass is 239 g/mol. The van der Waals surface area contributed by atoms with Crippen LogP contribution in [-0.2, 0) is 0 Å². The average Bonchev–Trinajstić information content (AvgIpc) is 2.42. The van der Waals surface area contributed by atoms with Crippen LogP contribution in [-0.4, -0.2) is 7.11 Å². The Kier molecular flexibility index (Phi) is 3.35. The van der Waals surface area contributed by atoms with Gasteiger partial charge >= 0.3 is 0 Å². The van der Waals surface area contributed by atoms with E-state index in [9.17, 15) is 0 Å². The van der Waals surface area contributed by atoms with Crippen molar-refractivity contribution in [3.63, 3.8) is 0 Å². The summed E-state index contributed by atoms with van der Waals surface area (Å²) in [6.07, 6.45) is 0. The van der Waals surface area contributed by atoms with Crippen LogP contribution in [0.2, 0.25) is 0 Å². The minimum Gasteiger partial charge on any atom is -0.495 e. The van der Waals surface area contributed by atoms with E-state index < -0.39 is 0 Å². The van der Waals surface area contributed by atoms with Crippen molar-refractivity contribution in [3.05, 3.63) is 48.0 Å². The van der Waals surface area contributed by atoms with E-state index in [-0.39, 0.29) is 0 Å². The molecule has 0 saturated heterocycles. The zero-order valence-corrected chi connectivity index (χ0v) is 9.97. The molecule has 0 bridgehead atoms. The Morgan fingerprint density at radius 1 is 1.17 bits per heavy atom. The predicted molar refractivity (Wildman–Crippen MR) is 71.8 cm³/mol. The minimum absolute atomic E-state index is 0.557. The van der Waals surface area contributed by atoms with Crippen LogP contribution in [0, 0.1) is 11.3 Å². The van der Waals surface area contributed by atoms with Crippen LogP contribution < -0.4 is 15.8 Å². The smallest absolute Gasteiger partial charge is 0.142 e. The van der Waals surface area contributed by atoms with Crippen LogP contribution >= 0.6 is 0 Å². The highest BCUT2D eigenvalue weighted by Crippen LogP contribution is 2.30. The molecule has 0 amide bonds. The molecule has 0 atom stereocenters. The third kappa shape index (κ3) is 2.36. The average molecular weight is 239 g/mol. The number of nitrogens with one attached hydrogen (secondary N) is 1. The normalized spacial score (nSPS) is 9.56. The van der Waals surface area contributed by atoms with Gasteiger partial charge in [0.2, 0.25) is 0 Å². The highest BCUT2D eigenvalue weighted by atomic mass is 16.5. The largest absolute Gasteiger partial charge is 0.495 e. The van der Waals surface area contributed by atoms with Crippen LogP contribution in [0.4, 0.5) is 17.1 Å². The standard InChI is InChI=1S/C14H13N3O/c1-18-14-5-3-2-4-12(14)17-13-8-10(9-15)6-7-11(13)16/h2-8,17H,16H2,1H3. The molecule has 0 aliphatic heterocycles. The molecule has 3 N–H and O–H groups in total. The van der Waals surface area contributed by atoms with Gasteiger partial charge in [0.05, 0.1) is 35.8 Å². The maximum atomic E-state index is 8.88. The Bertz CT molecular complexity index is 602. The number of methoxy groups -OCH3 is 1. The SMILES string of the molecule is COc1ccccc1Nc1cc(C#N)ccc1N. The molecular formula is C14H13N3O. The topological polar surface area (TPSA) is 71.1 Å². The molecule has 4 heteroatoms. The van der Waals surface area contributed by atoms with Crippen molar-refractivity contribution >= 4 is 17.1 Å². The number of nitrogens with zero attached hydrogens (tertiary/aromatic N) is 1. The van der Waals surface area contributed by atoms with Crippen molar-refractivity contribution in [1.82, 2.24) is 0 Å². The summed E-state index contributed by atoms with van der Waals surface area (Å²) in [5.41, 5.74) is 8.51. The van der Waals surface area contributed by atoms with Gasteiger partial charge in [-0.2, -0.15) is 5.26 Å². The van der Waals surface area contributed by atoms with E-state index in [0.29, 0.717) is 16.9 Å². The molecule has 0 aliphatic rings. The first-order valence-corrected chi connectivity index (χ1v) is 5.44. The zero-order chi connectivity index (χ0) is 13.0. The van der Waals surface area contributed by atoms with E-state index >= 15 is 0 Å². The summed E-state index contributed by atoms with van der Waals surface area (Å²) in [7, 11) is 1.61. The summed E-state index contributed by atoms with van der Waals surface area (Å²) in [6.45, 7) is 0. The lowest BCUT2D eigenvalue weighted by Crippen LogP contribution is -1.98. The number of para-hydroxylation sites is 2. The maximum absolute atomic E-state index is 8.88. The second-order valence-corrected chi connectivity index (χ2v) is 3.74. The summed E-state index contributed by atoms with van der Waals surface area (Å²) >= 11 is 0. The number of rotatable bonds is 3. The van der Waals surface area contributed by atoms with Crippen molar-refractivity contribution in [2.24, 2.45) is 0 Å². The molecule has 0 aliphatic carbocycles. The number of anilines is 3.